The molecule has 0 unspecified atom stereocenters. The molecule has 0 aromatic heterocycles. The second kappa shape index (κ2) is 21.9. The number of nitrogens with zero attached hydrogens (tertiary/aromatic N) is 10. The first-order valence-corrected chi connectivity index (χ1v) is 33.7. The Morgan fingerprint density at radius 1 is 0.150 bits per heavy atom. The molecule has 0 saturated heterocycles. The molecule has 0 aliphatic carbocycles. The van der Waals surface area contributed by atoms with E-state index in [1.807, 2.05) is 0 Å². The van der Waals surface area contributed by atoms with Gasteiger partial charge in [0.15, 0.2) is 0 Å². The topological polar surface area (TPSA) is 87.1 Å². The Labute approximate surface area is 572 Å². The van der Waals surface area contributed by atoms with Crippen LogP contribution in [0.4, 0.5) is 34.1 Å². The van der Waals surface area contributed by atoms with Crippen molar-refractivity contribution in [3.05, 3.63) is 328 Å². The minimum atomic E-state index is 0.292. The number of aliphatic imine (C=N–C) groups is 6. The number of benzene rings is 18. The minimum Gasteiger partial charge on any atom is -0.279 e. The van der Waals surface area contributed by atoms with E-state index in [2.05, 4.69) is 342 Å². The van der Waals surface area contributed by atoms with Crippen molar-refractivity contribution in [2.45, 2.75) is 0 Å². The zero-order chi connectivity index (χ0) is 65.5. The van der Waals surface area contributed by atoms with E-state index in [9.17, 15) is 0 Å². The van der Waals surface area contributed by atoms with Crippen LogP contribution in [0.15, 0.2) is 358 Å². The molecule has 0 bridgehead atoms. The summed E-state index contributed by atoms with van der Waals surface area (Å²) >= 11 is 0. The maximum atomic E-state index is 5.65. The van der Waals surface area contributed by atoms with Crippen LogP contribution in [0.25, 0.3) is 129 Å². The highest BCUT2D eigenvalue weighted by molar-refractivity contribution is 6.35. The number of anilines is 6. The third-order valence-electron chi connectivity index (χ3n) is 20.1. The Bertz CT molecular complexity index is 5830. The summed E-state index contributed by atoms with van der Waals surface area (Å²) in [5.74, 6) is 1.92. The molecule has 10 nitrogen and oxygen atoms in total. The van der Waals surface area contributed by atoms with E-state index in [0.717, 1.165) is 131 Å². The maximum Gasteiger partial charge on any atom is 0.246 e. The van der Waals surface area contributed by atoms with Crippen LogP contribution < -0.4 is 14.7 Å². The summed E-state index contributed by atoms with van der Waals surface area (Å²) in [5.41, 5.74) is 5.09. The van der Waals surface area contributed by atoms with E-state index >= 15 is 0 Å². The molecule has 0 N–H and O–H groups in total. The summed E-state index contributed by atoms with van der Waals surface area (Å²) in [6.07, 6.45) is 0. The molecule has 0 spiro atoms. The molecule has 0 amide bonds. The highest BCUT2D eigenvalue weighted by Gasteiger charge is 2.40. The van der Waals surface area contributed by atoms with Gasteiger partial charge in [0.25, 0.3) is 0 Å². The van der Waals surface area contributed by atoms with Crippen LogP contribution in [0, 0.1) is 0 Å². The monoisotopic (exact) mass is 1270 g/mol. The Hall–Kier alpha value is -13.7. The molecule has 0 radical (unpaired) electrons. The quantitative estimate of drug-likeness (QED) is 0.155. The lowest BCUT2D eigenvalue weighted by Gasteiger charge is -2.36. The standard InChI is InChI=1S/C90H54N10/c1-7-19-61-43-73-49-79(31-25-67(73)37-55(61)13-1)97(80-32-26-68-38-56-14-2-8-20-62(56)44-74(68)50-80)85-91-88-93-86(98(81-33-27-69-39-57-15-3-9-21-63(57)45-75(69)51-81)82-34-28-70-40-58-16-4-10-22-64(58)46-76(70)52-82)95-90-96-87(94-89(92-85)100(88)90)99(83-35-29-71-41-59-17-5-11-23-65(59)47-77(71)53-83)84-36-30-72-42-60-18-6-12-24-66(60)48-78(72)54-84/h1-54H. The first-order chi connectivity index (χ1) is 49.4. The molecule has 3 heterocycles. The first kappa shape index (κ1) is 55.6. The number of guanidine groups is 6. The van der Waals surface area contributed by atoms with Gasteiger partial charge in [-0.2, -0.15) is 30.0 Å². The van der Waals surface area contributed by atoms with Gasteiger partial charge in [-0.05, 0) is 275 Å². The normalized spacial score (nSPS) is 13.7. The van der Waals surface area contributed by atoms with E-state index in [1.54, 1.807) is 4.90 Å². The van der Waals surface area contributed by atoms with Crippen LogP contribution >= 0.6 is 0 Å². The zero-order valence-electron chi connectivity index (χ0n) is 53.6. The summed E-state index contributed by atoms with van der Waals surface area (Å²) in [5, 5.41) is 27.0. The smallest absolute Gasteiger partial charge is 0.246 e. The van der Waals surface area contributed by atoms with Crippen molar-refractivity contribution in [1.82, 2.24) is 4.90 Å². The molecule has 10 heteroatoms. The van der Waals surface area contributed by atoms with Crippen LogP contribution in [0.1, 0.15) is 0 Å². The number of fused-ring (bicyclic) bond motifs is 12. The van der Waals surface area contributed by atoms with Crippen LogP contribution in [-0.2, 0) is 0 Å². The predicted octanol–water partition coefficient (Wildman–Crippen LogP) is 22.8. The van der Waals surface area contributed by atoms with Crippen molar-refractivity contribution in [1.29, 1.82) is 0 Å². The minimum absolute atomic E-state index is 0.292. The van der Waals surface area contributed by atoms with Crippen LogP contribution in [0.5, 0.6) is 0 Å². The van der Waals surface area contributed by atoms with E-state index in [-0.39, 0.29) is 0 Å². The lowest BCUT2D eigenvalue weighted by Crippen LogP contribution is -2.51. The molecular weight excluding hydrogens is 1220 g/mol. The van der Waals surface area contributed by atoms with Crippen molar-refractivity contribution in [3.8, 4) is 0 Å². The average molecular weight is 1280 g/mol. The second-order valence-electron chi connectivity index (χ2n) is 26.2. The van der Waals surface area contributed by atoms with Gasteiger partial charge in [0.2, 0.25) is 35.8 Å². The van der Waals surface area contributed by atoms with E-state index in [1.165, 1.54) is 32.3 Å². The largest absolute Gasteiger partial charge is 0.279 e. The molecule has 3 aliphatic heterocycles. The van der Waals surface area contributed by atoms with Crippen molar-refractivity contribution in [2.75, 3.05) is 14.7 Å². The molecule has 18 aromatic rings. The third-order valence-corrected chi connectivity index (χ3v) is 20.1. The van der Waals surface area contributed by atoms with Gasteiger partial charge in [0.1, 0.15) is 0 Å². The fraction of sp³-hybridized carbons (Fsp3) is 0. The highest BCUT2D eigenvalue weighted by Crippen LogP contribution is 2.41. The summed E-state index contributed by atoms with van der Waals surface area (Å²) in [6, 6.07) is 118. The van der Waals surface area contributed by atoms with E-state index < -0.39 is 0 Å². The Kier molecular flexibility index (Phi) is 12.2. The predicted molar refractivity (Wildman–Crippen MR) is 422 cm³/mol. The summed E-state index contributed by atoms with van der Waals surface area (Å²) in [7, 11) is 0. The van der Waals surface area contributed by atoms with Gasteiger partial charge in [-0.3, -0.25) is 14.7 Å². The van der Waals surface area contributed by atoms with Crippen molar-refractivity contribution in [3.63, 3.8) is 0 Å². The third kappa shape index (κ3) is 9.34. The van der Waals surface area contributed by atoms with Gasteiger partial charge in [-0.25, -0.2) is 4.90 Å². The first-order valence-electron chi connectivity index (χ1n) is 33.7. The van der Waals surface area contributed by atoms with Gasteiger partial charge >= 0.3 is 0 Å². The molecule has 100 heavy (non-hydrogen) atoms. The van der Waals surface area contributed by atoms with Crippen molar-refractivity contribution >= 4 is 199 Å². The Balaban J connectivity index is 0.825. The van der Waals surface area contributed by atoms with Gasteiger partial charge in [-0.15, -0.1) is 0 Å². The average Bonchev–Trinajstić information content (AvgIpc) is 0.733. The molecule has 0 saturated carbocycles. The molecule has 3 aliphatic rings. The van der Waals surface area contributed by atoms with Crippen LogP contribution in [0.2, 0.25) is 0 Å². The summed E-state index contributed by atoms with van der Waals surface area (Å²) in [4.78, 5) is 42.1. The Morgan fingerprint density at radius 2 is 0.300 bits per heavy atom. The molecular formula is C90H54N10. The summed E-state index contributed by atoms with van der Waals surface area (Å²) < 4.78 is 0. The second-order valence-corrected chi connectivity index (χ2v) is 26.2. The zero-order valence-corrected chi connectivity index (χ0v) is 53.6. The molecule has 0 atom stereocenters. The molecule has 0 fully saturated rings. The molecule has 21 rings (SSSR count). The van der Waals surface area contributed by atoms with E-state index in [4.69, 9.17) is 30.0 Å². The SMILES string of the molecule is c1ccc2cc3cc(N(C4=NC5=NC(N(c6ccc7cc8ccccc8cc7c6)c6ccc7cc8ccccc8cc7c6)=NC6=NC(N(c7ccc8cc9ccccc9cc8c7)c7ccc8cc9ccccc9cc8c7)=NC(=N4)N56)c4ccc5cc6ccccc6cc5c4)ccc3cc2c1. The van der Waals surface area contributed by atoms with Gasteiger partial charge in [-0.1, -0.05) is 182 Å². The van der Waals surface area contributed by atoms with Crippen molar-refractivity contribution < 1.29 is 0 Å². The number of hydrogen-bond donors (Lipinski definition) is 0. The fourth-order valence-electron chi connectivity index (χ4n) is 15.1. The summed E-state index contributed by atoms with van der Waals surface area (Å²) in [6.45, 7) is 0. The van der Waals surface area contributed by atoms with Crippen molar-refractivity contribution in [2.24, 2.45) is 30.0 Å². The van der Waals surface area contributed by atoms with Gasteiger partial charge in [0, 0.05) is 34.1 Å². The Morgan fingerprint density at radius 3 is 0.470 bits per heavy atom. The molecule has 464 valence electrons. The lowest BCUT2D eigenvalue weighted by atomic mass is 10.0. The number of rotatable bonds is 6. The highest BCUT2D eigenvalue weighted by atomic mass is 15.6. The van der Waals surface area contributed by atoms with Crippen LogP contribution in [0.3, 0.4) is 0 Å². The lowest BCUT2D eigenvalue weighted by molar-refractivity contribution is 0.821. The molecule has 18 aromatic carbocycles. The van der Waals surface area contributed by atoms with E-state index in [0.29, 0.717) is 35.8 Å². The number of hydrogen-bond acceptors (Lipinski definition) is 10. The fourth-order valence-corrected chi connectivity index (χ4v) is 15.1. The van der Waals surface area contributed by atoms with Gasteiger partial charge < -0.3 is 0 Å². The van der Waals surface area contributed by atoms with Crippen LogP contribution in [-0.4, -0.2) is 40.7 Å². The maximum absolute atomic E-state index is 5.65. The van der Waals surface area contributed by atoms with Gasteiger partial charge in [0.05, 0.1) is 0 Å².